The number of hydrogen-bond acceptors (Lipinski definition) is 3. The summed E-state index contributed by atoms with van der Waals surface area (Å²) < 4.78 is 10.3. The summed E-state index contributed by atoms with van der Waals surface area (Å²) in [5, 5.41) is 2.88. The van der Waals surface area contributed by atoms with Crippen molar-refractivity contribution in [1.29, 1.82) is 0 Å². The number of aromatic nitrogens is 1. The van der Waals surface area contributed by atoms with Crippen molar-refractivity contribution in [2.75, 3.05) is 20.8 Å². The maximum absolute atomic E-state index is 12.1. The quantitative estimate of drug-likeness (QED) is 0.847. The van der Waals surface area contributed by atoms with Crippen molar-refractivity contribution in [3.63, 3.8) is 0 Å². The normalized spacial score (nSPS) is 10.1. The fourth-order valence-electron chi connectivity index (χ4n) is 1.87. The molecule has 2 rings (SSSR count). The molecule has 0 unspecified atom stereocenters. The summed E-state index contributed by atoms with van der Waals surface area (Å²) in [5.41, 5.74) is 1.68. The van der Waals surface area contributed by atoms with E-state index in [-0.39, 0.29) is 5.91 Å². The molecule has 0 fully saturated rings. The van der Waals surface area contributed by atoms with Gasteiger partial charge in [-0.1, -0.05) is 0 Å². The van der Waals surface area contributed by atoms with E-state index in [1.165, 1.54) is 0 Å². The van der Waals surface area contributed by atoms with E-state index >= 15 is 0 Å². The average molecular weight is 274 g/mol. The molecule has 0 saturated carbocycles. The molecular formula is C15H18N2O3. The molecule has 2 aromatic rings. The number of amides is 1. The first kappa shape index (κ1) is 14.0. The molecule has 1 heterocycles. The van der Waals surface area contributed by atoms with Crippen molar-refractivity contribution < 1.29 is 14.3 Å². The van der Waals surface area contributed by atoms with Crippen molar-refractivity contribution in [1.82, 2.24) is 10.3 Å². The largest absolute Gasteiger partial charge is 0.497 e. The first-order valence-electron chi connectivity index (χ1n) is 6.36. The highest BCUT2D eigenvalue weighted by molar-refractivity contribution is 5.95. The van der Waals surface area contributed by atoms with Gasteiger partial charge in [0.25, 0.3) is 5.91 Å². The second-order valence-corrected chi connectivity index (χ2v) is 4.33. The molecule has 106 valence electrons. The third-order valence-corrected chi connectivity index (χ3v) is 2.98. The van der Waals surface area contributed by atoms with Crippen LogP contribution in [-0.2, 0) is 6.42 Å². The van der Waals surface area contributed by atoms with Gasteiger partial charge in [-0.3, -0.25) is 4.79 Å². The molecule has 1 aromatic heterocycles. The topological polar surface area (TPSA) is 63.4 Å². The van der Waals surface area contributed by atoms with Gasteiger partial charge >= 0.3 is 0 Å². The summed E-state index contributed by atoms with van der Waals surface area (Å²) in [7, 11) is 3.12. The standard InChI is InChI=1S/C15H18N2O3/c1-19-13-7-12(8-14(9-13)20-2)15(18)17-6-4-11-3-5-16-10-11/h3,5,7-10,16H,4,6H2,1-2H3,(H,17,18). The molecule has 5 heteroatoms. The fourth-order valence-corrected chi connectivity index (χ4v) is 1.87. The number of nitrogens with one attached hydrogen (secondary N) is 2. The van der Waals surface area contributed by atoms with Gasteiger partial charge in [-0.25, -0.2) is 0 Å². The van der Waals surface area contributed by atoms with Crippen LogP contribution < -0.4 is 14.8 Å². The zero-order valence-corrected chi connectivity index (χ0v) is 11.6. The zero-order valence-electron chi connectivity index (χ0n) is 11.6. The molecule has 0 saturated heterocycles. The van der Waals surface area contributed by atoms with Gasteiger partial charge in [-0.15, -0.1) is 0 Å². The van der Waals surface area contributed by atoms with Gasteiger partial charge in [0, 0.05) is 30.6 Å². The molecule has 0 radical (unpaired) electrons. The van der Waals surface area contributed by atoms with E-state index in [4.69, 9.17) is 9.47 Å². The van der Waals surface area contributed by atoms with Crippen LogP contribution in [-0.4, -0.2) is 31.7 Å². The van der Waals surface area contributed by atoms with Gasteiger partial charge in [0.05, 0.1) is 14.2 Å². The van der Waals surface area contributed by atoms with E-state index in [0.29, 0.717) is 23.6 Å². The highest BCUT2D eigenvalue weighted by atomic mass is 16.5. The van der Waals surface area contributed by atoms with Crippen LogP contribution in [0.1, 0.15) is 15.9 Å². The number of ether oxygens (including phenoxy) is 2. The number of hydrogen-bond donors (Lipinski definition) is 2. The predicted octanol–water partition coefficient (Wildman–Crippen LogP) is 2.00. The SMILES string of the molecule is COc1cc(OC)cc(C(=O)NCCc2cc[nH]c2)c1. The Bertz CT molecular complexity index is 542. The van der Waals surface area contributed by atoms with Crippen LogP contribution in [0.4, 0.5) is 0 Å². The minimum atomic E-state index is -0.141. The number of carbonyl (C=O) groups is 1. The van der Waals surface area contributed by atoms with Crippen LogP contribution >= 0.6 is 0 Å². The predicted molar refractivity (Wildman–Crippen MR) is 76.4 cm³/mol. The summed E-state index contributed by atoms with van der Waals surface area (Å²) in [6.07, 6.45) is 4.57. The second kappa shape index (κ2) is 6.65. The van der Waals surface area contributed by atoms with Crippen molar-refractivity contribution >= 4 is 5.91 Å². The van der Waals surface area contributed by atoms with Crippen molar-refractivity contribution in [2.45, 2.75) is 6.42 Å². The number of rotatable bonds is 6. The highest BCUT2D eigenvalue weighted by Gasteiger charge is 2.09. The third kappa shape index (κ3) is 3.54. The van der Waals surface area contributed by atoms with Crippen LogP contribution in [0.3, 0.4) is 0 Å². The molecule has 0 aliphatic heterocycles. The highest BCUT2D eigenvalue weighted by Crippen LogP contribution is 2.22. The molecule has 2 N–H and O–H groups in total. The minimum Gasteiger partial charge on any atom is -0.497 e. The van der Waals surface area contributed by atoms with Crippen LogP contribution in [0.2, 0.25) is 0 Å². The molecule has 0 aliphatic rings. The molecule has 1 aromatic carbocycles. The number of benzene rings is 1. The van der Waals surface area contributed by atoms with Crippen molar-refractivity contribution in [3.05, 3.63) is 47.8 Å². The number of carbonyl (C=O) groups excluding carboxylic acids is 1. The van der Waals surface area contributed by atoms with Gasteiger partial charge in [-0.05, 0) is 30.2 Å². The molecule has 0 atom stereocenters. The Labute approximate surface area is 117 Å². The second-order valence-electron chi connectivity index (χ2n) is 4.33. The monoisotopic (exact) mass is 274 g/mol. The van der Waals surface area contributed by atoms with Crippen LogP contribution in [0.15, 0.2) is 36.7 Å². The Balaban J connectivity index is 1.97. The Kier molecular flexibility index (Phi) is 4.65. The lowest BCUT2D eigenvalue weighted by Gasteiger charge is -2.09. The maximum atomic E-state index is 12.1. The van der Waals surface area contributed by atoms with E-state index in [0.717, 1.165) is 12.0 Å². The summed E-state index contributed by atoms with van der Waals surface area (Å²) in [4.78, 5) is 15.1. The first-order valence-corrected chi connectivity index (χ1v) is 6.36. The van der Waals surface area contributed by atoms with E-state index in [9.17, 15) is 4.79 Å². The Morgan fingerprint density at radius 3 is 2.45 bits per heavy atom. The first-order chi connectivity index (χ1) is 9.72. The fraction of sp³-hybridized carbons (Fsp3) is 0.267. The molecule has 0 aliphatic carbocycles. The minimum absolute atomic E-state index is 0.141. The molecule has 1 amide bonds. The summed E-state index contributed by atoms with van der Waals surface area (Å²) in [6.45, 7) is 0.580. The lowest BCUT2D eigenvalue weighted by atomic mass is 10.1. The smallest absolute Gasteiger partial charge is 0.251 e. The van der Waals surface area contributed by atoms with Gasteiger partial charge < -0.3 is 19.8 Å². The van der Waals surface area contributed by atoms with Gasteiger partial charge in [-0.2, -0.15) is 0 Å². The number of methoxy groups -OCH3 is 2. The summed E-state index contributed by atoms with van der Waals surface area (Å²) in [5.74, 6) is 1.05. The zero-order chi connectivity index (χ0) is 14.4. The van der Waals surface area contributed by atoms with E-state index in [2.05, 4.69) is 10.3 Å². The molecule has 5 nitrogen and oxygen atoms in total. The molecule has 0 spiro atoms. The average Bonchev–Trinajstić information content (AvgIpc) is 2.99. The molecular weight excluding hydrogens is 256 g/mol. The number of H-pyrrole nitrogens is 1. The van der Waals surface area contributed by atoms with E-state index in [1.807, 2.05) is 18.5 Å². The van der Waals surface area contributed by atoms with Crippen LogP contribution in [0.25, 0.3) is 0 Å². The lowest BCUT2D eigenvalue weighted by Crippen LogP contribution is -2.25. The van der Waals surface area contributed by atoms with E-state index < -0.39 is 0 Å². The molecule has 0 bridgehead atoms. The van der Waals surface area contributed by atoms with Gasteiger partial charge in [0.1, 0.15) is 11.5 Å². The lowest BCUT2D eigenvalue weighted by molar-refractivity contribution is 0.0953. The Hall–Kier alpha value is -2.43. The van der Waals surface area contributed by atoms with Crippen LogP contribution in [0, 0.1) is 0 Å². The Morgan fingerprint density at radius 1 is 1.20 bits per heavy atom. The maximum Gasteiger partial charge on any atom is 0.251 e. The van der Waals surface area contributed by atoms with Crippen molar-refractivity contribution in [2.24, 2.45) is 0 Å². The van der Waals surface area contributed by atoms with Crippen molar-refractivity contribution in [3.8, 4) is 11.5 Å². The third-order valence-electron chi connectivity index (χ3n) is 2.98. The van der Waals surface area contributed by atoms with Crippen LogP contribution in [0.5, 0.6) is 11.5 Å². The van der Waals surface area contributed by atoms with Gasteiger partial charge in [0.2, 0.25) is 0 Å². The molecule has 20 heavy (non-hydrogen) atoms. The summed E-state index contributed by atoms with van der Waals surface area (Å²) in [6, 6.07) is 7.10. The Morgan fingerprint density at radius 2 is 1.90 bits per heavy atom. The number of aromatic amines is 1. The van der Waals surface area contributed by atoms with E-state index in [1.54, 1.807) is 32.4 Å². The van der Waals surface area contributed by atoms with Gasteiger partial charge in [0.15, 0.2) is 0 Å². The summed E-state index contributed by atoms with van der Waals surface area (Å²) >= 11 is 0.